The van der Waals surface area contributed by atoms with Crippen LogP contribution in [0.5, 0.6) is 0 Å². The standard InChI is InChI=1S/C15H29NOS/c1-12-10-13(16-18(17)14(2,3)4)15(11-12)8-6-5-7-9-15/h12-13,16H,5-11H2,1-4H3/t12?,13-,18-/m1/s1. The van der Waals surface area contributed by atoms with Gasteiger partial charge in [0.05, 0.1) is 15.7 Å². The van der Waals surface area contributed by atoms with Gasteiger partial charge in [0.1, 0.15) is 0 Å². The van der Waals surface area contributed by atoms with Crippen molar-refractivity contribution in [1.29, 1.82) is 0 Å². The third kappa shape index (κ3) is 2.98. The van der Waals surface area contributed by atoms with Crippen LogP contribution >= 0.6 is 0 Å². The van der Waals surface area contributed by atoms with Crippen LogP contribution in [0.4, 0.5) is 0 Å². The van der Waals surface area contributed by atoms with E-state index in [9.17, 15) is 4.21 Å². The number of rotatable bonds is 2. The Morgan fingerprint density at radius 2 is 1.78 bits per heavy atom. The average molecular weight is 271 g/mol. The fourth-order valence-corrected chi connectivity index (χ4v) is 4.82. The molecule has 0 aromatic carbocycles. The maximum Gasteiger partial charge on any atom is 0.0972 e. The molecule has 0 radical (unpaired) electrons. The predicted molar refractivity (Wildman–Crippen MR) is 78.7 cm³/mol. The van der Waals surface area contributed by atoms with Crippen molar-refractivity contribution >= 4 is 11.0 Å². The molecule has 2 nitrogen and oxygen atoms in total. The molecule has 0 aromatic rings. The Labute approximate surface area is 115 Å². The zero-order valence-corrected chi connectivity index (χ0v) is 13.2. The molecule has 0 aliphatic heterocycles. The van der Waals surface area contributed by atoms with Crippen molar-refractivity contribution in [2.45, 2.75) is 83.4 Å². The molecule has 1 N–H and O–H groups in total. The van der Waals surface area contributed by atoms with Gasteiger partial charge in [0.15, 0.2) is 0 Å². The minimum atomic E-state index is -0.920. The predicted octanol–water partition coefficient (Wildman–Crippen LogP) is 3.79. The molecule has 0 amide bonds. The van der Waals surface area contributed by atoms with Crippen LogP contribution in [0.25, 0.3) is 0 Å². The molecule has 3 atom stereocenters. The Morgan fingerprint density at radius 1 is 1.17 bits per heavy atom. The summed E-state index contributed by atoms with van der Waals surface area (Å²) in [5.74, 6) is 0.789. The molecule has 0 heterocycles. The smallest absolute Gasteiger partial charge is 0.0972 e. The number of hydrogen-bond donors (Lipinski definition) is 1. The van der Waals surface area contributed by atoms with Gasteiger partial charge >= 0.3 is 0 Å². The summed E-state index contributed by atoms with van der Waals surface area (Å²) in [7, 11) is -0.920. The zero-order valence-electron chi connectivity index (χ0n) is 12.4. The quantitative estimate of drug-likeness (QED) is 0.813. The SMILES string of the molecule is CC1C[C@@H](N[S@](=O)C(C)(C)C)C2(CCCCC2)C1. The summed E-state index contributed by atoms with van der Waals surface area (Å²) in [6.07, 6.45) is 9.37. The Hall–Kier alpha value is 0.110. The van der Waals surface area contributed by atoms with Gasteiger partial charge in [-0.1, -0.05) is 26.2 Å². The van der Waals surface area contributed by atoms with Gasteiger partial charge in [-0.25, -0.2) is 8.93 Å². The fraction of sp³-hybridized carbons (Fsp3) is 1.00. The molecular formula is C15H29NOS. The van der Waals surface area contributed by atoms with Gasteiger partial charge in [0.2, 0.25) is 0 Å². The van der Waals surface area contributed by atoms with Crippen molar-refractivity contribution in [2.24, 2.45) is 11.3 Å². The van der Waals surface area contributed by atoms with E-state index < -0.39 is 11.0 Å². The molecule has 18 heavy (non-hydrogen) atoms. The lowest BCUT2D eigenvalue weighted by Gasteiger charge is -2.40. The minimum absolute atomic E-state index is 0.151. The van der Waals surface area contributed by atoms with Gasteiger partial charge in [0, 0.05) is 6.04 Å². The second-order valence-electron chi connectivity index (χ2n) is 7.52. The van der Waals surface area contributed by atoms with Crippen LogP contribution in [0.1, 0.15) is 72.6 Å². The molecule has 0 bridgehead atoms. The highest BCUT2D eigenvalue weighted by molar-refractivity contribution is 7.84. The van der Waals surface area contributed by atoms with Crippen molar-refractivity contribution in [2.75, 3.05) is 0 Å². The normalized spacial score (nSPS) is 33.8. The summed E-state index contributed by atoms with van der Waals surface area (Å²) >= 11 is 0. The van der Waals surface area contributed by atoms with Crippen LogP contribution < -0.4 is 4.72 Å². The molecule has 0 saturated heterocycles. The molecule has 1 unspecified atom stereocenters. The van der Waals surface area contributed by atoms with Crippen LogP contribution in [0, 0.1) is 11.3 Å². The second kappa shape index (κ2) is 5.24. The summed E-state index contributed by atoms with van der Waals surface area (Å²) < 4.78 is 15.7. The summed E-state index contributed by atoms with van der Waals surface area (Å²) in [5.41, 5.74) is 0.457. The Morgan fingerprint density at radius 3 is 2.33 bits per heavy atom. The maximum absolute atomic E-state index is 12.4. The summed E-state index contributed by atoms with van der Waals surface area (Å²) in [6.45, 7) is 8.53. The third-order valence-electron chi connectivity index (χ3n) is 4.79. The highest BCUT2D eigenvalue weighted by Gasteiger charge is 2.47. The molecule has 3 heteroatoms. The van der Waals surface area contributed by atoms with Gasteiger partial charge in [0.25, 0.3) is 0 Å². The molecule has 2 fully saturated rings. The first kappa shape index (κ1) is 14.5. The lowest BCUT2D eigenvalue weighted by Crippen LogP contribution is -2.47. The van der Waals surface area contributed by atoms with E-state index in [-0.39, 0.29) is 4.75 Å². The summed E-state index contributed by atoms with van der Waals surface area (Å²) in [6, 6.07) is 0.479. The molecule has 0 aromatic heterocycles. The van der Waals surface area contributed by atoms with Gasteiger partial charge in [-0.3, -0.25) is 0 Å². The summed E-state index contributed by atoms with van der Waals surface area (Å²) in [4.78, 5) is 0. The van der Waals surface area contributed by atoms with Crippen molar-refractivity contribution in [1.82, 2.24) is 4.72 Å². The lowest BCUT2D eigenvalue weighted by molar-refractivity contribution is 0.160. The van der Waals surface area contributed by atoms with E-state index in [2.05, 4.69) is 32.4 Å². The Balaban J connectivity index is 2.08. The minimum Gasteiger partial charge on any atom is -0.242 e. The van der Waals surface area contributed by atoms with E-state index >= 15 is 0 Å². The van der Waals surface area contributed by atoms with E-state index in [1.54, 1.807) is 0 Å². The topological polar surface area (TPSA) is 29.1 Å². The average Bonchev–Trinajstić information content (AvgIpc) is 2.54. The highest BCUT2D eigenvalue weighted by Crippen LogP contribution is 2.51. The first-order chi connectivity index (χ1) is 8.33. The monoisotopic (exact) mass is 271 g/mol. The molecule has 1 spiro atoms. The van der Waals surface area contributed by atoms with Gasteiger partial charge < -0.3 is 0 Å². The lowest BCUT2D eigenvalue weighted by atomic mass is 9.70. The third-order valence-corrected chi connectivity index (χ3v) is 6.40. The van der Waals surface area contributed by atoms with E-state index in [0.717, 1.165) is 5.92 Å². The molecule has 2 rings (SSSR count). The van der Waals surface area contributed by atoms with E-state index in [1.165, 1.54) is 44.9 Å². The second-order valence-corrected chi connectivity index (χ2v) is 9.52. The maximum atomic E-state index is 12.4. The van der Waals surface area contributed by atoms with E-state index in [0.29, 0.717) is 11.5 Å². The van der Waals surface area contributed by atoms with Crippen molar-refractivity contribution in [3.8, 4) is 0 Å². The summed E-state index contributed by atoms with van der Waals surface area (Å²) in [5, 5.41) is 0. The molecule has 106 valence electrons. The Kier molecular flexibility index (Phi) is 4.23. The van der Waals surface area contributed by atoms with Crippen LogP contribution in [0.3, 0.4) is 0 Å². The zero-order chi connectivity index (χ0) is 13.4. The van der Waals surface area contributed by atoms with E-state index in [1.807, 2.05) is 0 Å². The van der Waals surface area contributed by atoms with Crippen molar-refractivity contribution in [3.63, 3.8) is 0 Å². The molecule has 2 saturated carbocycles. The number of nitrogens with one attached hydrogen (secondary N) is 1. The van der Waals surface area contributed by atoms with Crippen LogP contribution in [0.15, 0.2) is 0 Å². The fourth-order valence-electron chi connectivity index (χ4n) is 3.86. The Bertz CT molecular complexity index is 315. The van der Waals surface area contributed by atoms with Crippen LogP contribution in [0.2, 0.25) is 0 Å². The molecule has 2 aliphatic carbocycles. The highest BCUT2D eigenvalue weighted by atomic mass is 32.2. The van der Waals surface area contributed by atoms with Crippen molar-refractivity contribution in [3.05, 3.63) is 0 Å². The van der Waals surface area contributed by atoms with Crippen LogP contribution in [-0.4, -0.2) is 15.0 Å². The van der Waals surface area contributed by atoms with Gasteiger partial charge in [-0.2, -0.15) is 0 Å². The van der Waals surface area contributed by atoms with Gasteiger partial charge in [-0.15, -0.1) is 0 Å². The number of hydrogen-bond acceptors (Lipinski definition) is 1. The first-order valence-corrected chi connectivity index (χ1v) is 8.66. The largest absolute Gasteiger partial charge is 0.242 e. The first-order valence-electron chi connectivity index (χ1n) is 7.52. The molecule has 2 aliphatic rings. The van der Waals surface area contributed by atoms with Crippen molar-refractivity contribution < 1.29 is 4.21 Å². The van der Waals surface area contributed by atoms with Gasteiger partial charge in [-0.05, 0) is 57.8 Å². The van der Waals surface area contributed by atoms with E-state index in [4.69, 9.17) is 0 Å². The van der Waals surface area contributed by atoms with Crippen LogP contribution in [-0.2, 0) is 11.0 Å². The molecular weight excluding hydrogens is 242 g/mol.